The molecule has 2 rings (SSSR count). The van der Waals surface area contributed by atoms with Crippen LogP contribution in [0.1, 0.15) is 17.5 Å². The second-order valence-corrected chi connectivity index (χ2v) is 4.74. The Morgan fingerprint density at radius 1 is 1.44 bits per heavy atom. The molecule has 0 aromatic heterocycles. The zero-order valence-electron chi connectivity index (χ0n) is 10.8. The van der Waals surface area contributed by atoms with Crippen molar-refractivity contribution < 1.29 is 9.53 Å². The van der Waals surface area contributed by atoms with Crippen molar-refractivity contribution in [3.63, 3.8) is 0 Å². The number of esters is 1. The highest BCUT2D eigenvalue weighted by molar-refractivity contribution is 5.75. The van der Waals surface area contributed by atoms with E-state index in [0.29, 0.717) is 6.54 Å². The van der Waals surface area contributed by atoms with Crippen molar-refractivity contribution in [2.45, 2.75) is 25.4 Å². The minimum Gasteiger partial charge on any atom is -0.468 e. The number of nitrogens with two attached hydrogens (primary N) is 1. The summed E-state index contributed by atoms with van der Waals surface area (Å²) in [6.07, 6.45) is 2.20. The summed E-state index contributed by atoms with van der Waals surface area (Å²) < 4.78 is 4.66. The molecule has 1 aliphatic rings. The van der Waals surface area contributed by atoms with Gasteiger partial charge < -0.3 is 10.5 Å². The molecule has 18 heavy (non-hydrogen) atoms. The predicted octanol–water partition coefficient (Wildman–Crippen LogP) is 0.935. The third kappa shape index (κ3) is 3.09. The Morgan fingerprint density at radius 2 is 2.17 bits per heavy atom. The molecule has 98 valence electrons. The topological polar surface area (TPSA) is 55.6 Å². The number of carbonyl (C=O) groups excluding carboxylic acids is 1. The first kappa shape index (κ1) is 13.1. The van der Waals surface area contributed by atoms with Crippen LogP contribution in [0.3, 0.4) is 0 Å². The number of rotatable bonds is 3. The average Bonchev–Trinajstić information content (AvgIpc) is 2.59. The molecule has 1 heterocycles. The van der Waals surface area contributed by atoms with Crippen molar-refractivity contribution in [3.8, 4) is 0 Å². The maximum atomic E-state index is 11.3. The number of nitrogens with zero attached hydrogens (tertiary/aromatic N) is 1. The Hall–Kier alpha value is -1.39. The van der Waals surface area contributed by atoms with Gasteiger partial charge in [0, 0.05) is 13.1 Å². The van der Waals surface area contributed by atoms with E-state index in [0.717, 1.165) is 25.9 Å². The maximum absolute atomic E-state index is 11.3. The van der Waals surface area contributed by atoms with Crippen molar-refractivity contribution in [2.75, 3.05) is 20.2 Å². The largest absolute Gasteiger partial charge is 0.468 e. The van der Waals surface area contributed by atoms with Gasteiger partial charge in [0.25, 0.3) is 0 Å². The quantitative estimate of drug-likeness (QED) is 0.809. The van der Waals surface area contributed by atoms with Gasteiger partial charge in [-0.1, -0.05) is 24.3 Å². The molecule has 0 bridgehead atoms. The number of methoxy groups -OCH3 is 1. The van der Waals surface area contributed by atoms with Crippen molar-refractivity contribution >= 4 is 5.97 Å². The summed E-state index contributed by atoms with van der Waals surface area (Å²) in [7, 11) is 1.37. The highest BCUT2D eigenvalue weighted by Gasteiger charge is 2.20. The summed E-state index contributed by atoms with van der Waals surface area (Å²) in [5.74, 6) is -0.340. The van der Waals surface area contributed by atoms with E-state index >= 15 is 0 Å². The van der Waals surface area contributed by atoms with E-state index in [1.54, 1.807) is 0 Å². The second-order valence-electron chi connectivity index (χ2n) is 4.74. The van der Waals surface area contributed by atoms with Crippen molar-refractivity contribution in [1.29, 1.82) is 0 Å². The van der Waals surface area contributed by atoms with E-state index in [1.807, 2.05) is 0 Å². The molecule has 1 aromatic rings. The monoisotopic (exact) mass is 248 g/mol. The average molecular weight is 248 g/mol. The molecule has 0 amide bonds. The van der Waals surface area contributed by atoms with Crippen LogP contribution in [0.4, 0.5) is 0 Å². The van der Waals surface area contributed by atoms with Gasteiger partial charge in [-0.3, -0.25) is 9.69 Å². The Labute approximate surface area is 108 Å². The highest BCUT2D eigenvalue weighted by atomic mass is 16.5. The van der Waals surface area contributed by atoms with E-state index in [1.165, 1.54) is 18.2 Å². The lowest BCUT2D eigenvalue weighted by Gasteiger charge is -2.22. The first-order chi connectivity index (χ1) is 8.70. The van der Waals surface area contributed by atoms with Gasteiger partial charge in [0.05, 0.1) is 7.11 Å². The fourth-order valence-corrected chi connectivity index (χ4v) is 2.43. The highest BCUT2D eigenvalue weighted by Crippen LogP contribution is 2.18. The van der Waals surface area contributed by atoms with Crippen LogP contribution in [0.25, 0.3) is 0 Å². The molecule has 4 heteroatoms. The van der Waals surface area contributed by atoms with Crippen molar-refractivity contribution in [2.24, 2.45) is 5.73 Å². The third-order valence-electron chi connectivity index (χ3n) is 3.39. The lowest BCUT2D eigenvalue weighted by atomic mass is 10.0. The molecular weight excluding hydrogens is 228 g/mol. The summed E-state index contributed by atoms with van der Waals surface area (Å²) in [5.41, 5.74) is 8.56. The molecule has 2 N–H and O–H groups in total. The number of hydrogen-bond donors (Lipinski definition) is 1. The van der Waals surface area contributed by atoms with Crippen molar-refractivity contribution in [3.05, 3.63) is 35.4 Å². The van der Waals surface area contributed by atoms with Gasteiger partial charge in [-0.2, -0.15) is 0 Å². The SMILES string of the molecule is COC(=O)C(N)CN1CCCc2ccccc2C1. The van der Waals surface area contributed by atoms with Gasteiger partial charge in [0.2, 0.25) is 0 Å². The lowest BCUT2D eigenvalue weighted by Crippen LogP contribution is -2.43. The van der Waals surface area contributed by atoms with Gasteiger partial charge in [0.1, 0.15) is 6.04 Å². The Bertz CT molecular complexity index is 420. The van der Waals surface area contributed by atoms with E-state index in [9.17, 15) is 4.79 Å². The molecule has 4 nitrogen and oxygen atoms in total. The number of aryl methyl sites for hydroxylation is 1. The maximum Gasteiger partial charge on any atom is 0.323 e. The van der Waals surface area contributed by atoms with Crippen LogP contribution in [0.5, 0.6) is 0 Å². The van der Waals surface area contributed by atoms with Gasteiger partial charge in [0.15, 0.2) is 0 Å². The standard InChI is InChI=1S/C14H20N2O2/c1-18-14(17)13(15)10-16-8-4-7-11-5-2-3-6-12(11)9-16/h2-3,5-6,13H,4,7-10,15H2,1H3. The van der Waals surface area contributed by atoms with Crippen LogP contribution >= 0.6 is 0 Å². The van der Waals surface area contributed by atoms with E-state index in [-0.39, 0.29) is 5.97 Å². The van der Waals surface area contributed by atoms with Gasteiger partial charge in [-0.15, -0.1) is 0 Å². The van der Waals surface area contributed by atoms with Crippen LogP contribution in [0.15, 0.2) is 24.3 Å². The molecule has 0 fully saturated rings. The molecule has 0 aliphatic carbocycles. The van der Waals surface area contributed by atoms with E-state index in [4.69, 9.17) is 5.73 Å². The van der Waals surface area contributed by atoms with Crippen LogP contribution in [-0.2, 0) is 22.5 Å². The molecule has 1 atom stereocenters. The molecule has 0 radical (unpaired) electrons. The molecule has 0 spiro atoms. The Kier molecular flexibility index (Phi) is 4.33. The summed E-state index contributed by atoms with van der Waals surface area (Å²) in [6.45, 7) is 2.39. The zero-order chi connectivity index (χ0) is 13.0. The number of benzene rings is 1. The molecule has 0 saturated carbocycles. The summed E-state index contributed by atoms with van der Waals surface area (Å²) in [5, 5.41) is 0. The number of hydrogen-bond acceptors (Lipinski definition) is 4. The molecule has 1 unspecified atom stereocenters. The van der Waals surface area contributed by atoms with Gasteiger partial charge >= 0.3 is 5.97 Å². The first-order valence-electron chi connectivity index (χ1n) is 6.33. The molecule has 1 aliphatic heterocycles. The normalized spacial score (nSPS) is 17.7. The fraction of sp³-hybridized carbons (Fsp3) is 0.500. The number of ether oxygens (including phenoxy) is 1. The van der Waals surface area contributed by atoms with Crippen LogP contribution < -0.4 is 5.73 Å². The molecular formula is C14H20N2O2. The Morgan fingerprint density at radius 3 is 2.89 bits per heavy atom. The van der Waals surface area contributed by atoms with Gasteiger partial charge in [-0.25, -0.2) is 0 Å². The predicted molar refractivity (Wildman–Crippen MR) is 70.0 cm³/mol. The van der Waals surface area contributed by atoms with Crippen LogP contribution in [-0.4, -0.2) is 37.1 Å². The van der Waals surface area contributed by atoms with E-state index in [2.05, 4.69) is 33.9 Å². The van der Waals surface area contributed by atoms with Crippen LogP contribution in [0, 0.1) is 0 Å². The Balaban J connectivity index is 2.02. The minimum absolute atomic E-state index is 0.340. The molecule has 0 saturated heterocycles. The lowest BCUT2D eigenvalue weighted by molar-refractivity contribution is -0.142. The van der Waals surface area contributed by atoms with Crippen molar-refractivity contribution in [1.82, 2.24) is 4.90 Å². The van der Waals surface area contributed by atoms with E-state index < -0.39 is 6.04 Å². The van der Waals surface area contributed by atoms with Crippen LogP contribution in [0.2, 0.25) is 0 Å². The summed E-state index contributed by atoms with van der Waals surface area (Å²) in [4.78, 5) is 13.6. The first-order valence-corrected chi connectivity index (χ1v) is 6.33. The number of carbonyl (C=O) groups is 1. The summed E-state index contributed by atoms with van der Waals surface area (Å²) in [6, 6.07) is 7.91. The fourth-order valence-electron chi connectivity index (χ4n) is 2.43. The number of fused-ring (bicyclic) bond motifs is 1. The summed E-state index contributed by atoms with van der Waals surface area (Å²) >= 11 is 0. The minimum atomic E-state index is -0.555. The zero-order valence-corrected chi connectivity index (χ0v) is 10.8. The molecule has 1 aromatic carbocycles. The second kappa shape index (κ2) is 5.98. The van der Waals surface area contributed by atoms with Gasteiger partial charge in [-0.05, 0) is 30.5 Å². The third-order valence-corrected chi connectivity index (χ3v) is 3.39. The smallest absolute Gasteiger partial charge is 0.323 e.